The molecule has 1 aliphatic heterocycles. The van der Waals surface area contributed by atoms with Crippen molar-refractivity contribution in [1.29, 1.82) is 0 Å². The zero-order valence-electron chi connectivity index (χ0n) is 11.0. The highest BCUT2D eigenvalue weighted by molar-refractivity contribution is 7.14. The number of aliphatic carboxylic acids is 1. The molecule has 0 bridgehead atoms. The van der Waals surface area contributed by atoms with Crippen LogP contribution in [0.3, 0.4) is 0 Å². The number of hydrogen-bond acceptors (Lipinski definition) is 5. The number of rotatable bonds is 4. The zero-order valence-corrected chi connectivity index (χ0v) is 12.6. The molecule has 1 unspecified atom stereocenters. The van der Waals surface area contributed by atoms with Gasteiger partial charge in [0.25, 0.3) is 0 Å². The number of piperidine rings is 1. The second kappa shape index (κ2) is 6.03. The number of thiazole rings is 1. The lowest BCUT2D eigenvalue weighted by Crippen LogP contribution is -2.38. The van der Waals surface area contributed by atoms with E-state index in [1.54, 1.807) is 22.7 Å². The zero-order chi connectivity index (χ0) is 13.9. The lowest BCUT2D eigenvalue weighted by molar-refractivity contribution is -0.143. The minimum absolute atomic E-state index is 0.222. The highest BCUT2D eigenvalue weighted by atomic mass is 32.1. The van der Waals surface area contributed by atoms with Gasteiger partial charge < -0.3 is 5.11 Å². The molecule has 3 heterocycles. The summed E-state index contributed by atoms with van der Waals surface area (Å²) in [6.07, 6.45) is 1.75. The van der Waals surface area contributed by atoms with Gasteiger partial charge in [-0.2, -0.15) is 0 Å². The van der Waals surface area contributed by atoms with E-state index in [9.17, 15) is 4.79 Å². The minimum atomic E-state index is -0.673. The van der Waals surface area contributed by atoms with E-state index in [-0.39, 0.29) is 5.92 Å². The first-order valence-corrected chi connectivity index (χ1v) is 8.42. The summed E-state index contributed by atoms with van der Waals surface area (Å²) in [7, 11) is 0. The Morgan fingerprint density at radius 2 is 2.40 bits per heavy atom. The van der Waals surface area contributed by atoms with Crippen LogP contribution in [0.5, 0.6) is 0 Å². The minimum Gasteiger partial charge on any atom is -0.481 e. The second-order valence-electron chi connectivity index (χ2n) is 5.02. The van der Waals surface area contributed by atoms with Crippen molar-refractivity contribution in [2.75, 3.05) is 13.1 Å². The SMILES string of the molecule is O=C(O)C1CCCN(Cc2nc(-c3cccs3)cs2)C1. The fourth-order valence-corrected chi connectivity index (χ4v) is 4.11. The number of carboxylic acids is 1. The maximum absolute atomic E-state index is 11.1. The van der Waals surface area contributed by atoms with Crippen LogP contribution >= 0.6 is 22.7 Å². The molecule has 0 aliphatic carbocycles. The van der Waals surface area contributed by atoms with Crippen molar-refractivity contribution >= 4 is 28.6 Å². The third-order valence-electron chi connectivity index (χ3n) is 3.54. The van der Waals surface area contributed by atoms with Gasteiger partial charge in [0, 0.05) is 11.9 Å². The van der Waals surface area contributed by atoms with Gasteiger partial charge in [0.15, 0.2) is 0 Å². The molecule has 106 valence electrons. The van der Waals surface area contributed by atoms with Gasteiger partial charge >= 0.3 is 5.97 Å². The van der Waals surface area contributed by atoms with E-state index in [0.717, 1.165) is 36.6 Å². The molecule has 6 heteroatoms. The van der Waals surface area contributed by atoms with Gasteiger partial charge in [0.1, 0.15) is 5.01 Å². The first-order valence-electron chi connectivity index (χ1n) is 6.66. The molecule has 3 rings (SSSR count). The molecule has 1 atom stereocenters. The molecule has 1 fully saturated rings. The maximum atomic E-state index is 11.1. The molecule has 1 aliphatic rings. The number of carboxylic acid groups (broad SMARTS) is 1. The van der Waals surface area contributed by atoms with E-state index in [4.69, 9.17) is 5.11 Å². The van der Waals surface area contributed by atoms with Crippen LogP contribution < -0.4 is 0 Å². The molecule has 0 radical (unpaired) electrons. The monoisotopic (exact) mass is 308 g/mol. The largest absolute Gasteiger partial charge is 0.481 e. The summed E-state index contributed by atoms with van der Waals surface area (Å²) in [6, 6.07) is 4.10. The van der Waals surface area contributed by atoms with Crippen LogP contribution in [-0.4, -0.2) is 34.0 Å². The molecule has 20 heavy (non-hydrogen) atoms. The highest BCUT2D eigenvalue weighted by Crippen LogP contribution is 2.27. The second-order valence-corrected chi connectivity index (χ2v) is 6.91. The van der Waals surface area contributed by atoms with Crippen molar-refractivity contribution in [3.05, 3.63) is 27.9 Å². The van der Waals surface area contributed by atoms with Crippen molar-refractivity contribution < 1.29 is 9.90 Å². The molecule has 4 nitrogen and oxygen atoms in total. The van der Waals surface area contributed by atoms with Crippen LogP contribution in [0.1, 0.15) is 17.8 Å². The number of hydrogen-bond donors (Lipinski definition) is 1. The standard InChI is InChI=1S/C14H16N2O2S2/c17-14(18)10-3-1-5-16(7-10)8-13-15-11(9-20-13)12-4-2-6-19-12/h2,4,6,9-10H,1,3,5,7-8H2,(H,17,18). The Bertz CT molecular complexity index is 580. The van der Waals surface area contributed by atoms with E-state index in [1.165, 1.54) is 4.88 Å². The molecular weight excluding hydrogens is 292 g/mol. The predicted octanol–water partition coefficient (Wildman–Crippen LogP) is 3.17. The van der Waals surface area contributed by atoms with Gasteiger partial charge in [-0.05, 0) is 30.8 Å². The number of aromatic nitrogens is 1. The summed E-state index contributed by atoms with van der Waals surface area (Å²) in [5.41, 5.74) is 1.03. The Morgan fingerprint density at radius 3 is 3.15 bits per heavy atom. The van der Waals surface area contributed by atoms with Crippen LogP contribution in [0.2, 0.25) is 0 Å². The molecule has 1 saturated heterocycles. The van der Waals surface area contributed by atoms with Crippen molar-refractivity contribution in [1.82, 2.24) is 9.88 Å². The summed E-state index contributed by atoms with van der Waals surface area (Å²) >= 11 is 3.35. The topological polar surface area (TPSA) is 53.4 Å². The van der Waals surface area contributed by atoms with Gasteiger partial charge in [-0.3, -0.25) is 9.69 Å². The van der Waals surface area contributed by atoms with E-state index < -0.39 is 5.97 Å². The smallest absolute Gasteiger partial charge is 0.307 e. The summed E-state index contributed by atoms with van der Waals surface area (Å²) in [5, 5.41) is 14.3. The summed E-state index contributed by atoms with van der Waals surface area (Å²) in [6.45, 7) is 2.38. The van der Waals surface area contributed by atoms with Crippen LogP contribution in [0.4, 0.5) is 0 Å². The summed E-state index contributed by atoms with van der Waals surface area (Å²) < 4.78 is 0. The average Bonchev–Trinajstić information content (AvgIpc) is 3.09. The van der Waals surface area contributed by atoms with Crippen molar-refractivity contribution in [2.45, 2.75) is 19.4 Å². The fourth-order valence-electron chi connectivity index (χ4n) is 2.51. The Hall–Kier alpha value is -1.24. The van der Waals surface area contributed by atoms with E-state index in [0.29, 0.717) is 6.54 Å². The van der Waals surface area contributed by atoms with E-state index in [2.05, 4.69) is 26.7 Å². The van der Waals surface area contributed by atoms with E-state index >= 15 is 0 Å². The van der Waals surface area contributed by atoms with Crippen LogP contribution in [0, 0.1) is 5.92 Å². The van der Waals surface area contributed by atoms with Gasteiger partial charge in [-0.1, -0.05) is 6.07 Å². The third-order valence-corrected chi connectivity index (χ3v) is 5.26. The molecule has 1 N–H and O–H groups in total. The Kier molecular flexibility index (Phi) is 4.14. The van der Waals surface area contributed by atoms with Crippen molar-refractivity contribution in [2.24, 2.45) is 5.92 Å². The lowest BCUT2D eigenvalue weighted by Gasteiger charge is -2.29. The van der Waals surface area contributed by atoms with Gasteiger partial charge in [0.05, 0.1) is 23.0 Å². The predicted molar refractivity (Wildman–Crippen MR) is 81.1 cm³/mol. The molecule has 2 aromatic heterocycles. The van der Waals surface area contributed by atoms with Crippen LogP contribution in [0.15, 0.2) is 22.9 Å². The summed E-state index contributed by atoms with van der Waals surface area (Å²) in [5.74, 6) is -0.895. The van der Waals surface area contributed by atoms with Gasteiger partial charge in [-0.25, -0.2) is 4.98 Å². The normalized spacial score (nSPS) is 20.1. The average molecular weight is 308 g/mol. The molecule has 0 spiro atoms. The maximum Gasteiger partial charge on any atom is 0.307 e. The number of nitrogens with zero attached hydrogens (tertiary/aromatic N) is 2. The Balaban J connectivity index is 1.64. The Labute approximate surface area is 125 Å². The number of thiophene rings is 1. The summed E-state index contributed by atoms with van der Waals surface area (Å²) in [4.78, 5) is 19.1. The fraction of sp³-hybridized carbons (Fsp3) is 0.429. The third kappa shape index (κ3) is 3.08. The van der Waals surface area contributed by atoms with Crippen molar-refractivity contribution in [3.8, 4) is 10.6 Å². The molecule has 0 aromatic carbocycles. The first kappa shape index (κ1) is 13.7. The van der Waals surface area contributed by atoms with Gasteiger partial charge in [0.2, 0.25) is 0 Å². The van der Waals surface area contributed by atoms with Crippen LogP contribution in [-0.2, 0) is 11.3 Å². The van der Waals surface area contributed by atoms with Gasteiger partial charge in [-0.15, -0.1) is 22.7 Å². The molecule has 0 saturated carbocycles. The lowest BCUT2D eigenvalue weighted by atomic mass is 9.98. The number of likely N-dealkylation sites (tertiary alicyclic amines) is 1. The van der Waals surface area contributed by atoms with E-state index in [1.807, 2.05) is 6.07 Å². The molecule has 0 amide bonds. The highest BCUT2D eigenvalue weighted by Gasteiger charge is 2.25. The first-order chi connectivity index (χ1) is 9.72. The Morgan fingerprint density at radius 1 is 1.50 bits per heavy atom. The number of carbonyl (C=O) groups is 1. The quantitative estimate of drug-likeness (QED) is 0.942. The van der Waals surface area contributed by atoms with Crippen molar-refractivity contribution in [3.63, 3.8) is 0 Å². The molecule has 2 aromatic rings. The molecular formula is C14H16N2O2S2. The van der Waals surface area contributed by atoms with Crippen LogP contribution in [0.25, 0.3) is 10.6 Å².